The van der Waals surface area contributed by atoms with Gasteiger partial charge in [0.25, 0.3) is 5.69 Å². The number of amides is 1. The number of nitro benzene ring substituents is 1. The fraction of sp³-hybridized carbons (Fsp3) is 0.188. The lowest BCUT2D eigenvalue weighted by atomic mass is 10.1. The Morgan fingerprint density at radius 1 is 1.25 bits per heavy atom. The molecular weight excluding hydrogens is 353 g/mol. The predicted octanol–water partition coefficient (Wildman–Crippen LogP) is 4.19. The maximum absolute atomic E-state index is 12.0. The number of nitrogens with one attached hydrogen (secondary N) is 2. The Hall–Kier alpha value is -2.15. The van der Waals surface area contributed by atoms with Gasteiger partial charge in [0.1, 0.15) is 0 Å². The summed E-state index contributed by atoms with van der Waals surface area (Å²) in [5, 5.41) is 17.4. The highest BCUT2D eigenvalue weighted by Crippen LogP contribution is 2.26. The topological polar surface area (TPSA) is 84.3 Å². The number of nitro groups is 1. The summed E-state index contributed by atoms with van der Waals surface area (Å²) in [6, 6.07) is 10.8. The molecule has 0 aromatic heterocycles. The fourth-order valence-electron chi connectivity index (χ4n) is 2.11. The first-order valence-corrected chi connectivity index (χ1v) is 7.85. The van der Waals surface area contributed by atoms with E-state index in [9.17, 15) is 14.9 Å². The van der Waals surface area contributed by atoms with Crippen molar-refractivity contribution in [2.45, 2.75) is 13.0 Å². The average Bonchev–Trinajstić information content (AvgIpc) is 2.53. The van der Waals surface area contributed by atoms with Crippen molar-refractivity contribution in [1.29, 1.82) is 0 Å². The number of benzene rings is 2. The van der Waals surface area contributed by atoms with E-state index >= 15 is 0 Å². The molecule has 0 heterocycles. The second kappa shape index (κ2) is 8.10. The van der Waals surface area contributed by atoms with Crippen molar-refractivity contribution in [3.63, 3.8) is 0 Å². The first kappa shape index (κ1) is 18.2. The highest BCUT2D eigenvalue weighted by molar-refractivity contribution is 6.35. The summed E-state index contributed by atoms with van der Waals surface area (Å²) in [6.07, 6.45) is 0. The molecule has 0 aliphatic rings. The molecule has 0 unspecified atom stereocenters. The minimum absolute atomic E-state index is 0.0306. The average molecular weight is 368 g/mol. The lowest BCUT2D eigenvalue weighted by molar-refractivity contribution is -0.384. The SMILES string of the molecule is C[C@@H](NCC(=O)Nc1cccc([N+](=O)[O-])c1)c1ccc(Cl)cc1Cl. The molecule has 1 amide bonds. The van der Waals surface area contributed by atoms with E-state index in [1.807, 2.05) is 6.92 Å². The largest absolute Gasteiger partial charge is 0.325 e. The highest BCUT2D eigenvalue weighted by Gasteiger charge is 2.12. The van der Waals surface area contributed by atoms with E-state index in [2.05, 4.69) is 10.6 Å². The molecule has 2 N–H and O–H groups in total. The molecule has 2 rings (SSSR count). The van der Waals surface area contributed by atoms with Gasteiger partial charge < -0.3 is 10.6 Å². The van der Waals surface area contributed by atoms with Gasteiger partial charge in [-0.3, -0.25) is 14.9 Å². The number of carbonyl (C=O) groups is 1. The monoisotopic (exact) mass is 367 g/mol. The van der Waals surface area contributed by atoms with E-state index in [-0.39, 0.29) is 24.2 Å². The number of hydrogen-bond acceptors (Lipinski definition) is 4. The van der Waals surface area contributed by atoms with E-state index < -0.39 is 4.92 Å². The van der Waals surface area contributed by atoms with Crippen LogP contribution < -0.4 is 10.6 Å². The normalized spacial score (nSPS) is 11.8. The molecule has 0 aliphatic carbocycles. The van der Waals surface area contributed by atoms with Gasteiger partial charge in [0.2, 0.25) is 5.91 Å². The van der Waals surface area contributed by atoms with Gasteiger partial charge in [0.05, 0.1) is 11.5 Å². The summed E-state index contributed by atoms with van der Waals surface area (Å²) in [6.45, 7) is 1.90. The van der Waals surface area contributed by atoms with Crippen molar-refractivity contribution in [1.82, 2.24) is 5.32 Å². The van der Waals surface area contributed by atoms with Crippen LogP contribution in [0, 0.1) is 10.1 Å². The number of rotatable bonds is 6. The lowest BCUT2D eigenvalue weighted by Crippen LogP contribution is -2.30. The zero-order chi connectivity index (χ0) is 17.7. The maximum Gasteiger partial charge on any atom is 0.271 e. The number of halogens is 2. The zero-order valence-electron chi connectivity index (χ0n) is 12.8. The standard InChI is InChI=1S/C16H15Cl2N3O3/c1-10(14-6-5-11(17)7-15(14)18)19-9-16(22)20-12-3-2-4-13(8-12)21(23)24/h2-8,10,19H,9H2,1H3,(H,20,22)/t10-/m1/s1. The quantitative estimate of drug-likeness (QED) is 0.592. The van der Waals surface area contributed by atoms with Crippen LogP contribution in [0.3, 0.4) is 0 Å². The van der Waals surface area contributed by atoms with E-state index in [0.29, 0.717) is 15.7 Å². The Morgan fingerprint density at radius 2 is 2.00 bits per heavy atom. The molecule has 1 atom stereocenters. The number of anilines is 1. The van der Waals surface area contributed by atoms with Crippen molar-refractivity contribution in [3.05, 3.63) is 68.2 Å². The van der Waals surface area contributed by atoms with E-state index in [1.165, 1.54) is 18.2 Å². The van der Waals surface area contributed by atoms with Crippen LogP contribution in [0.15, 0.2) is 42.5 Å². The minimum atomic E-state index is -0.515. The molecule has 24 heavy (non-hydrogen) atoms. The van der Waals surface area contributed by atoms with E-state index in [0.717, 1.165) is 5.56 Å². The first-order valence-electron chi connectivity index (χ1n) is 7.09. The van der Waals surface area contributed by atoms with Crippen LogP contribution in [0.1, 0.15) is 18.5 Å². The zero-order valence-corrected chi connectivity index (χ0v) is 14.3. The number of nitrogens with zero attached hydrogens (tertiary/aromatic N) is 1. The summed E-state index contributed by atoms with van der Waals surface area (Å²) >= 11 is 12.0. The maximum atomic E-state index is 12.0. The molecule has 0 spiro atoms. The first-order chi connectivity index (χ1) is 11.4. The van der Waals surface area contributed by atoms with Crippen molar-refractivity contribution < 1.29 is 9.72 Å². The van der Waals surface area contributed by atoms with E-state index in [4.69, 9.17) is 23.2 Å². The highest BCUT2D eigenvalue weighted by atomic mass is 35.5. The molecular formula is C16H15Cl2N3O3. The Kier molecular flexibility index (Phi) is 6.14. The van der Waals surface area contributed by atoms with Gasteiger partial charge >= 0.3 is 0 Å². The van der Waals surface area contributed by atoms with Crippen LogP contribution in [-0.2, 0) is 4.79 Å². The molecule has 8 heteroatoms. The second-order valence-corrected chi connectivity index (χ2v) is 5.97. The molecule has 0 fully saturated rings. The Labute approximate surface area is 148 Å². The third-order valence-electron chi connectivity index (χ3n) is 3.34. The minimum Gasteiger partial charge on any atom is -0.325 e. The van der Waals surface area contributed by atoms with Gasteiger partial charge in [0, 0.05) is 33.9 Å². The third kappa shape index (κ3) is 4.92. The van der Waals surface area contributed by atoms with Gasteiger partial charge in [-0.1, -0.05) is 35.3 Å². The smallest absolute Gasteiger partial charge is 0.271 e. The summed E-state index contributed by atoms with van der Waals surface area (Å²) in [4.78, 5) is 22.2. The van der Waals surface area contributed by atoms with Gasteiger partial charge in [-0.25, -0.2) is 0 Å². The second-order valence-electron chi connectivity index (χ2n) is 5.12. The van der Waals surface area contributed by atoms with Crippen molar-refractivity contribution >= 4 is 40.5 Å². The van der Waals surface area contributed by atoms with Crippen LogP contribution in [0.2, 0.25) is 10.0 Å². The Morgan fingerprint density at radius 3 is 2.67 bits per heavy atom. The molecule has 2 aromatic carbocycles. The van der Waals surface area contributed by atoms with Crippen LogP contribution in [0.4, 0.5) is 11.4 Å². The number of carbonyl (C=O) groups excluding carboxylic acids is 1. The summed E-state index contributed by atoms with van der Waals surface area (Å²) in [5.41, 5.74) is 1.11. The Balaban J connectivity index is 1.93. The molecule has 126 valence electrons. The summed E-state index contributed by atoms with van der Waals surface area (Å²) < 4.78 is 0. The van der Waals surface area contributed by atoms with Crippen LogP contribution in [0.5, 0.6) is 0 Å². The van der Waals surface area contributed by atoms with Crippen molar-refractivity contribution in [2.24, 2.45) is 0 Å². The van der Waals surface area contributed by atoms with E-state index in [1.54, 1.807) is 24.3 Å². The Bertz CT molecular complexity index is 768. The molecule has 0 saturated carbocycles. The number of hydrogen-bond donors (Lipinski definition) is 2. The fourth-order valence-corrected chi connectivity index (χ4v) is 2.68. The summed E-state index contributed by atoms with van der Waals surface area (Å²) in [7, 11) is 0. The number of non-ortho nitro benzene ring substituents is 1. The lowest BCUT2D eigenvalue weighted by Gasteiger charge is -2.15. The molecule has 2 aromatic rings. The van der Waals surface area contributed by atoms with Gasteiger partial charge in [0.15, 0.2) is 0 Å². The molecule has 0 radical (unpaired) electrons. The molecule has 0 bridgehead atoms. The van der Waals surface area contributed by atoms with Gasteiger partial charge in [-0.05, 0) is 30.7 Å². The van der Waals surface area contributed by atoms with Crippen LogP contribution in [0.25, 0.3) is 0 Å². The predicted molar refractivity (Wildman–Crippen MR) is 94.6 cm³/mol. The molecule has 6 nitrogen and oxygen atoms in total. The van der Waals surface area contributed by atoms with Crippen LogP contribution in [-0.4, -0.2) is 17.4 Å². The van der Waals surface area contributed by atoms with Crippen molar-refractivity contribution in [3.8, 4) is 0 Å². The molecule has 0 aliphatic heterocycles. The van der Waals surface area contributed by atoms with Crippen LogP contribution >= 0.6 is 23.2 Å². The molecule has 0 saturated heterocycles. The van der Waals surface area contributed by atoms with Gasteiger partial charge in [-0.2, -0.15) is 0 Å². The summed E-state index contributed by atoms with van der Waals surface area (Å²) in [5.74, 6) is -0.313. The van der Waals surface area contributed by atoms with Gasteiger partial charge in [-0.15, -0.1) is 0 Å². The third-order valence-corrected chi connectivity index (χ3v) is 3.90. The van der Waals surface area contributed by atoms with Crippen molar-refractivity contribution in [2.75, 3.05) is 11.9 Å².